The molecule has 0 spiro atoms. The minimum atomic E-state index is -0.759. The first kappa shape index (κ1) is 51.4. The van der Waals surface area contributed by atoms with Crippen LogP contribution in [0.5, 0.6) is 0 Å². The lowest BCUT2D eigenvalue weighted by Crippen LogP contribution is -2.30. The molecular weight excluding hydrogens is 661 g/mol. The van der Waals surface area contributed by atoms with E-state index in [1.54, 1.807) is 0 Å². The number of hydrogen-bond acceptors (Lipinski definition) is 6. The van der Waals surface area contributed by atoms with Crippen LogP contribution in [0.2, 0.25) is 0 Å². The van der Waals surface area contributed by atoms with Gasteiger partial charge in [0.15, 0.2) is 6.10 Å². The Labute approximate surface area is 329 Å². The molecule has 0 unspecified atom stereocenters. The van der Waals surface area contributed by atoms with Crippen LogP contribution in [0.1, 0.15) is 259 Å². The van der Waals surface area contributed by atoms with Crippen molar-refractivity contribution < 1.29 is 28.6 Å². The Bertz CT molecular complexity index is 796. The normalized spacial score (nSPS) is 11.9. The predicted octanol–water partition coefficient (Wildman–Crippen LogP) is 14.7. The first-order valence-electron chi connectivity index (χ1n) is 23.4. The fourth-order valence-electron chi connectivity index (χ4n) is 6.98. The second kappa shape index (κ2) is 41.6. The van der Waals surface area contributed by atoms with Crippen LogP contribution in [-0.2, 0) is 28.6 Å². The van der Waals surface area contributed by atoms with E-state index in [2.05, 4.69) is 27.7 Å². The average Bonchev–Trinajstić information content (AvgIpc) is 3.14. The molecule has 1 atom stereocenters. The summed E-state index contributed by atoms with van der Waals surface area (Å²) in [7, 11) is 0. The number of rotatable bonds is 42. The quantitative estimate of drug-likeness (QED) is 0.0351. The fourth-order valence-corrected chi connectivity index (χ4v) is 6.98. The zero-order valence-electron chi connectivity index (χ0n) is 36.0. The molecule has 0 bridgehead atoms. The number of carbonyl (C=O) groups is 3. The van der Waals surface area contributed by atoms with Crippen LogP contribution in [0.4, 0.5) is 0 Å². The van der Waals surface area contributed by atoms with Gasteiger partial charge in [-0.2, -0.15) is 0 Å². The second-order valence-corrected chi connectivity index (χ2v) is 16.5. The van der Waals surface area contributed by atoms with E-state index in [0.29, 0.717) is 19.3 Å². The third-order valence-electron chi connectivity index (χ3n) is 10.5. The van der Waals surface area contributed by atoms with E-state index >= 15 is 0 Å². The Hall–Kier alpha value is -1.59. The van der Waals surface area contributed by atoms with E-state index in [1.807, 2.05) is 0 Å². The van der Waals surface area contributed by atoms with E-state index in [-0.39, 0.29) is 31.1 Å². The summed E-state index contributed by atoms with van der Waals surface area (Å²) in [5, 5.41) is 0. The van der Waals surface area contributed by atoms with Crippen molar-refractivity contribution in [2.75, 3.05) is 13.2 Å². The number of carbonyl (C=O) groups excluding carboxylic acids is 3. The first-order valence-corrected chi connectivity index (χ1v) is 23.4. The Morgan fingerprint density at radius 2 is 0.623 bits per heavy atom. The third kappa shape index (κ3) is 41.4. The van der Waals surface area contributed by atoms with Crippen molar-refractivity contribution in [1.82, 2.24) is 0 Å². The maximum Gasteiger partial charge on any atom is 0.306 e. The largest absolute Gasteiger partial charge is 0.462 e. The highest BCUT2D eigenvalue weighted by molar-refractivity contribution is 5.71. The van der Waals surface area contributed by atoms with E-state index in [4.69, 9.17) is 14.2 Å². The molecule has 0 saturated carbocycles. The number of hydrogen-bond donors (Lipinski definition) is 0. The van der Waals surface area contributed by atoms with Gasteiger partial charge in [0, 0.05) is 19.3 Å². The summed E-state index contributed by atoms with van der Waals surface area (Å²) in [4.78, 5) is 37.7. The van der Waals surface area contributed by atoms with Crippen LogP contribution in [0.25, 0.3) is 0 Å². The first-order chi connectivity index (χ1) is 25.9. The lowest BCUT2D eigenvalue weighted by Gasteiger charge is -2.18. The topological polar surface area (TPSA) is 78.9 Å². The molecule has 0 aromatic rings. The van der Waals surface area contributed by atoms with Gasteiger partial charge in [-0.05, 0) is 25.2 Å². The molecule has 0 rings (SSSR count). The van der Waals surface area contributed by atoms with Gasteiger partial charge >= 0.3 is 17.9 Å². The van der Waals surface area contributed by atoms with E-state index in [0.717, 1.165) is 63.7 Å². The smallest absolute Gasteiger partial charge is 0.306 e. The minimum Gasteiger partial charge on any atom is -0.462 e. The third-order valence-corrected chi connectivity index (χ3v) is 10.5. The van der Waals surface area contributed by atoms with Crippen LogP contribution in [0.3, 0.4) is 0 Å². The molecule has 0 radical (unpaired) electrons. The molecule has 0 fully saturated rings. The summed E-state index contributed by atoms with van der Waals surface area (Å²) < 4.78 is 16.7. The van der Waals surface area contributed by atoms with Crippen molar-refractivity contribution in [3.8, 4) is 0 Å². The Morgan fingerprint density at radius 3 is 0.925 bits per heavy atom. The van der Waals surface area contributed by atoms with Gasteiger partial charge in [-0.1, -0.05) is 220 Å². The van der Waals surface area contributed by atoms with Gasteiger partial charge < -0.3 is 14.2 Å². The van der Waals surface area contributed by atoms with Gasteiger partial charge in [0.2, 0.25) is 0 Å². The molecule has 0 N–H and O–H groups in total. The molecule has 53 heavy (non-hydrogen) atoms. The molecule has 314 valence electrons. The van der Waals surface area contributed by atoms with Crippen molar-refractivity contribution in [3.63, 3.8) is 0 Å². The molecular formula is C47H90O6. The van der Waals surface area contributed by atoms with Crippen LogP contribution in [0.15, 0.2) is 0 Å². The van der Waals surface area contributed by atoms with Crippen molar-refractivity contribution in [2.24, 2.45) is 5.92 Å². The molecule has 0 aliphatic carbocycles. The summed E-state index contributed by atoms with van der Waals surface area (Å²) in [6, 6.07) is 0. The molecule has 0 aromatic heterocycles. The number of ether oxygens (including phenoxy) is 3. The van der Waals surface area contributed by atoms with E-state index < -0.39 is 6.10 Å². The Morgan fingerprint density at radius 1 is 0.358 bits per heavy atom. The lowest BCUT2D eigenvalue weighted by molar-refractivity contribution is -0.167. The molecule has 0 aliphatic heterocycles. The minimum absolute atomic E-state index is 0.0637. The maximum absolute atomic E-state index is 12.7. The van der Waals surface area contributed by atoms with Gasteiger partial charge in [0.25, 0.3) is 0 Å². The SMILES string of the molecule is CCCCCCCCCCCCCCC(=O)O[C@H](COC(=O)CCCCCCCCCCCCC)COC(=O)CCCCCCCCCCCC(C)C. The highest BCUT2D eigenvalue weighted by atomic mass is 16.6. The van der Waals surface area contributed by atoms with Crippen LogP contribution < -0.4 is 0 Å². The summed E-state index contributed by atoms with van der Waals surface area (Å²) in [5.74, 6) is -0.0447. The highest BCUT2D eigenvalue weighted by Gasteiger charge is 2.19. The number of esters is 3. The van der Waals surface area contributed by atoms with Crippen LogP contribution in [0, 0.1) is 5.92 Å². The van der Waals surface area contributed by atoms with Gasteiger partial charge in [0.05, 0.1) is 0 Å². The zero-order valence-corrected chi connectivity index (χ0v) is 36.0. The van der Waals surface area contributed by atoms with Crippen LogP contribution in [-0.4, -0.2) is 37.2 Å². The van der Waals surface area contributed by atoms with Gasteiger partial charge in [-0.3, -0.25) is 14.4 Å². The Kier molecular flexibility index (Phi) is 40.3. The lowest BCUT2D eigenvalue weighted by atomic mass is 10.0. The van der Waals surface area contributed by atoms with Crippen molar-refractivity contribution in [1.29, 1.82) is 0 Å². The molecule has 0 saturated heterocycles. The highest BCUT2D eigenvalue weighted by Crippen LogP contribution is 2.16. The summed E-state index contributed by atoms with van der Waals surface area (Å²) in [5.41, 5.74) is 0. The van der Waals surface area contributed by atoms with Crippen molar-refractivity contribution >= 4 is 17.9 Å². The van der Waals surface area contributed by atoms with Gasteiger partial charge in [-0.25, -0.2) is 0 Å². The summed E-state index contributed by atoms with van der Waals surface area (Å²) in [6.45, 7) is 8.97. The summed E-state index contributed by atoms with van der Waals surface area (Å²) >= 11 is 0. The van der Waals surface area contributed by atoms with Crippen molar-refractivity contribution in [2.45, 2.75) is 265 Å². The average molecular weight is 751 g/mol. The van der Waals surface area contributed by atoms with E-state index in [1.165, 1.54) is 154 Å². The molecule has 0 heterocycles. The number of unbranched alkanes of at least 4 members (excludes halogenated alkanes) is 29. The fraction of sp³-hybridized carbons (Fsp3) is 0.936. The van der Waals surface area contributed by atoms with Gasteiger partial charge in [0.1, 0.15) is 13.2 Å². The summed E-state index contributed by atoms with van der Waals surface area (Å²) in [6.07, 6.45) is 40.8. The monoisotopic (exact) mass is 751 g/mol. The molecule has 0 amide bonds. The Balaban J connectivity index is 4.33. The molecule has 0 aromatic carbocycles. The second-order valence-electron chi connectivity index (χ2n) is 16.5. The van der Waals surface area contributed by atoms with E-state index in [9.17, 15) is 14.4 Å². The zero-order chi connectivity index (χ0) is 38.9. The predicted molar refractivity (Wildman–Crippen MR) is 224 cm³/mol. The molecule has 0 aliphatic rings. The molecule has 6 nitrogen and oxygen atoms in total. The molecule has 6 heteroatoms. The standard InChI is InChI=1S/C47H90O6/c1-5-7-9-11-13-15-17-19-23-28-32-36-40-47(50)53-44(41-51-45(48)38-34-30-26-22-18-16-14-12-10-8-6-2)42-52-46(49)39-35-31-27-24-20-21-25-29-33-37-43(3)4/h43-44H,5-42H2,1-4H3/t44-/m1/s1. The maximum atomic E-state index is 12.7. The van der Waals surface area contributed by atoms with Gasteiger partial charge in [-0.15, -0.1) is 0 Å². The van der Waals surface area contributed by atoms with Crippen LogP contribution >= 0.6 is 0 Å². The van der Waals surface area contributed by atoms with Crippen molar-refractivity contribution in [3.05, 3.63) is 0 Å².